The number of benzene rings is 1. The van der Waals surface area contributed by atoms with Crippen LogP contribution in [0.3, 0.4) is 0 Å². The molecule has 1 saturated carbocycles. The molecular formula is C18H23NO3. The zero-order valence-corrected chi connectivity index (χ0v) is 13.5. The van der Waals surface area contributed by atoms with Crippen LogP contribution in [-0.4, -0.2) is 37.9 Å². The van der Waals surface area contributed by atoms with Crippen molar-refractivity contribution in [2.75, 3.05) is 21.2 Å². The summed E-state index contributed by atoms with van der Waals surface area (Å²) in [6.45, 7) is 0. The van der Waals surface area contributed by atoms with Gasteiger partial charge in [0.1, 0.15) is 5.57 Å². The average molecular weight is 301 g/mol. The highest BCUT2D eigenvalue weighted by Gasteiger charge is 2.45. The Morgan fingerprint density at radius 3 is 2.23 bits per heavy atom. The molecule has 0 aliphatic heterocycles. The van der Waals surface area contributed by atoms with Gasteiger partial charge < -0.3 is 9.64 Å². The number of esters is 1. The van der Waals surface area contributed by atoms with Crippen molar-refractivity contribution in [3.05, 3.63) is 47.7 Å². The Bertz CT molecular complexity index is 569. The second kappa shape index (κ2) is 6.77. The standard InChI is InChI=1S/C18H23NO3/c1-19(2)13-15(17(21)22-3)16(20)18(11-7-8-12-18)14-9-5-4-6-10-14/h4-6,9-10,13H,7-8,11-12H2,1-3H3. The summed E-state index contributed by atoms with van der Waals surface area (Å²) in [5.74, 6) is -0.697. The maximum absolute atomic E-state index is 13.2. The summed E-state index contributed by atoms with van der Waals surface area (Å²) in [6, 6.07) is 9.78. The number of carbonyl (C=O) groups is 2. The van der Waals surface area contributed by atoms with Crippen molar-refractivity contribution in [1.82, 2.24) is 4.90 Å². The maximum Gasteiger partial charge on any atom is 0.343 e. The van der Waals surface area contributed by atoms with Crippen LogP contribution in [0.25, 0.3) is 0 Å². The predicted octanol–water partition coefficient (Wildman–Crippen LogP) is 2.69. The molecule has 4 heteroatoms. The largest absolute Gasteiger partial charge is 0.465 e. The normalized spacial score (nSPS) is 17.1. The molecule has 2 rings (SSSR count). The Balaban J connectivity index is 2.48. The van der Waals surface area contributed by atoms with Gasteiger partial charge in [0, 0.05) is 20.3 Å². The lowest BCUT2D eigenvalue weighted by atomic mass is 9.73. The van der Waals surface area contributed by atoms with E-state index in [-0.39, 0.29) is 11.4 Å². The molecule has 118 valence electrons. The van der Waals surface area contributed by atoms with Crippen LogP contribution in [0.15, 0.2) is 42.1 Å². The minimum Gasteiger partial charge on any atom is -0.465 e. The van der Waals surface area contributed by atoms with Gasteiger partial charge in [0.15, 0.2) is 5.78 Å². The molecule has 1 aromatic carbocycles. The van der Waals surface area contributed by atoms with Crippen molar-refractivity contribution in [3.63, 3.8) is 0 Å². The average Bonchev–Trinajstić information content (AvgIpc) is 3.03. The monoisotopic (exact) mass is 301 g/mol. The number of ketones is 1. The molecule has 0 heterocycles. The molecule has 1 fully saturated rings. The van der Waals surface area contributed by atoms with E-state index in [1.165, 1.54) is 7.11 Å². The number of Topliss-reactive ketones (excluding diaryl/α,β-unsaturated/α-hetero) is 1. The van der Waals surface area contributed by atoms with Crippen LogP contribution in [0.5, 0.6) is 0 Å². The third kappa shape index (κ3) is 3.06. The van der Waals surface area contributed by atoms with Gasteiger partial charge in [-0.3, -0.25) is 4.79 Å². The highest BCUT2D eigenvalue weighted by molar-refractivity contribution is 6.21. The van der Waals surface area contributed by atoms with Crippen LogP contribution in [0.4, 0.5) is 0 Å². The fraction of sp³-hybridized carbons (Fsp3) is 0.444. The van der Waals surface area contributed by atoms with E-state index in [0.29, 0.717) is 0 Å². The molecule has 0 bridgehead atoms. The Morgan fingerprint density at radius 1 is 1.14 bits per heavy atom. The first-order valence-electron chi connectivity index (χ1n) is 7.58. The van der Waals surface area contributed by atoms with Crippen molar-refractivity contribution in [1.29, 1.82) is 0 Å². The van der Waals surface area contributed by atoms with E-state index in [1.807, 2.05) is 30.3 Å². The van der Waals surface area contributed by atoms with Gasteiger partial charge in [0.05, 0.1) is 12.5 Å². The van der Waals surface area contributed by atoms with Crippen molar-refractivity contribution >= 4 is 11.8 Å². The van der Waals surface area contributed by atoms with E-state index in [0.717, 1.165) is 31.2 Å². The zero-order valence-electron chi connectivity index (χ0n) is 13.5. The first kappa shape index (κ1) is 16.3. The third-order valence-electron chi connectivity index (χ3n) is 4.26. The quantitative estimate of drug-likeness (QED) is 0.363. The molecule has 0 atom stereocenters. The van der Waals surface area contributed by atoms with Crippen molar-refractivity contribution < 1.29 is 14.3 Å². The van der Waals surface area contributed by atoms with Gasteiger partial charge in [-0.15, -0.1) is 0 Å². The first-order chi connectivity index (χ1) is 10.5. The summed E-state index contributed by atoms with van der Waals surface area (Å²) in [4.78, 5) is 27.0. The van der Waals surface area contributed by atoms with Crippen LogP contribution in [-0.2, 0) is 19.7 Å². The van der Waals surface area contributed by atoms with Gasteiger partial charge >= 0.3 is 5.97 Å². The van der Waals surface area contributed by atoms with Crippen LogP contribution < -0.4 is 0 Å². The molecule has 22 heavy (non-hydrogen) atoms. The fourth-order valence-electron chi connectivity index (χ4n) is 3.21. The predicted molar refractivity (Wildman–Crippen MR) is 85.4 cm³/mol. The number of hydrogen-bond acceptors (Lipinski definition) is 4. The number of methoxy groups -OCH3 is 1. The Kier molecular flexibility index (Phi) is 5.01. The summed E-state index contributed by atoms with van der Waals surface area (Å²) in [6.07, 6.45) is 5.11. The topological polar surface area (TPSA) is 46.6 Å². The van der Waals surface area contributed by atoms with Crippen molar-refractivity contribution in [3.8, 4) is 0 Å². The molecule has 0 saturated heterocycles. The highest BCUT2D eigenvalue weighted by Crippen LogP contribution is 2.43. The summed E-state index contributed by atoms with van der Waals surface area (Å²) in [5, 5.41) is 0. The van der Waals surface area contributed by atoms with Gasteiger partial charge in [0.2, 0.25) is 0 Å². The molecule has 0 N–H and O–H groups in total. The van der Waals surface area contributed by atoms with E-state index in [1.54, 1.807) is 25.2 Å². The van der Waals surface area contributed by atoms with Gasteiger partial charge in [-0.05, 0) is 18.4 Å². The minimum atomic E-state index is -0.600. The van der Waals surface area contributed by atoms with Crippen LogP contribution in [0.1, 0.15) is 31.2 Å². The van der Waals surface area contributed by atoms with E-state index in [9.17, 15) is 9.59 Å². The zero-order chi connectivity index (χ0) is 16.2. The molecule has 0 aromatic heterocycles. The van der Waals surface area contributed by atoms with Crippen molar-refractivity contribution in [2.24, 2.45) is 0 Å². The van der Waals surface area contributed by atoms with E-state index < -0.39 is 11.4 Å². The molecule has 1 aromatic rings. The summed E-state index contributed by atoms with van der Waals surface area (Å²) >= 11 is 0. The summed E-state index contributed by atoms with van der Waals surface area (Å²) in [7, 11) is 4.89. The summed E-state index contributed by atoms with van der Waals surface area (Å²) in [5.41, 5.74) is 0.515. The Hall–Kier alpha value is -2.10. The molecule has 4 nitrogen and oxygen atoms in total. The fourth-order valence-corrected chi connectivity index (χ4v) is 3.21. The number of carbonyl (C=O) groups excluding carboxylic acids is 2. The number of nitrogens with zero attached hydrogens (tertiary/aromatic N) is 1. The molecule has 0 spiro atoms. The lowest BCUT2D eigenvalue weighted by molar-refractivity contribution is -0.138. The second-order valence-electron chi connectivity index (χ2n) is 5.98. The number of hydrogen-bond donors (Lipinski definition) is 0. The van der Waals surface area contributed by atoms with Gasteiger partial charge in [-0.25, -0.2) is 4.79 Å². The molecule has 0 unspecified atom stereocenters. The molecule has 0 radical (unpaired) electrons. The van der Waals surface area contributed by atoms with E-state index in [2.05, 4.69) is 0 Å². The lowest BCUT2D eigenvalue weighted by Crippen LogP contribution is -2.37. The third-order valence-corrected chi connectivity index (χ3v) is 4.26. The number of rotatable bonds is 5. The molecule has 1 aliphatic carbocycles. The maximum atomic E-state index is 13.2. The smallest absolute Gasteiger partial charge is 0.343 e. The van der Waals surface area contributed by atoms with Gasteiger partial charge in [-0.2, -0.15) is 0 Å². The van der Waals surface area contributed by atoms with Crippen LogP contribution in [0.2, 0.25) is 0 Å². The van der Waals surface area contributed by atoms with Crippen molar-refractivity contribution in [2.45, 2.75) is 31.1 Å². The first-order valence-corrected chi connectivity index (χ1v) is 7.58. The van der Waals surface area contributed by atoms with Gasteiger partial charge in [-0.1, -0.05) is 43.2 Å². The lowest BCUT2D eigenvalue weighted by Gasteiger charge is -2.29. The Morgan fingerprint density at radius 2 is 1.73 bits per heavy atom. The second-order valence-corrected chi connectivity index (χ2v) is 5.98. The van der Waals surface area contributed by atoms with Gasteiger partial charge in [0.25, 0.3) is 0 Å². The van der Waals surface area contributed by atoms with Crippen LogP contribution >= 0.6 is 0 Å². The molecule has 0 amide bonds. The molecular weight excluding hydrogens is 278 g/mol. The van der Waals surface area contributed by atoms with E-state index in [4.69, 9.17) is 4.74 Å². The van der Waals surface area contributed by atoms with E-state index >= 15 is 0 Å². The highest BCUT2D eigenvalue weighted by atomic mass is 16.5. The SMILES string of the molecule is COC(=O)C(=CN(C)C)C(=O)C1(c2ccccc2)CCCC1. The Labute approximate surface area is 131 Å². The number of ether oxygens (including phenoxy) is 1. The molecule has 1 aliphatic rings. The minimum absolute atomic E-state index is 0.123. The van der Waals surface area contributed by atoms with Crippen LogP contribution in [0, 0.1) is 0 Å². The summed E-state index contributed by atoms with van der Waals surface area (Å²) < 4.78 is 4.82.